The normalized spacial score (nSPS) is 12.7. The standard InChI is InChI=1S/C12H14N2O/c1-9-6-7-14(13-9)12-5-3-4-11(8-12)10(2)15/h3-8,10,15H,1-2H3. The zero-order chi connectivity index (χ0) is 10.8. The third-order valence-corrected chi connectivity index (χ3v) is 2.34. The smallest absolute Gasteiger partial charge is 0.0762 e. The van der Waals surface area contributed by atoms with E-state index in [0.717, 1.165) is 16.9 Å². The number of aryl methyl sites for hydroxylation is 1. The van der Waals surface area contributed by atoms with Crippen LogP contribution in [0.4, 0.5) is 0 Å². The molecule has 0 spiro atoms. The molecule has 2 rings (SSSR count). The summed E-state index contributed by atoms with van der Waals surface area (Å²) in [6.07, 6.45) is 1.47. The molecule has 0 aliphatic carbocycles. The van der Waals surface area contributed by atoms with Crippen molar-refractivity contribution in [2.75, 3.05) is 0 Å². The number of aliphatic hydroxyl groups excluding tert-OH is 1. The molecular formula is C12H14N2O. The van der Waals surface area contributed by atoms with E-state index in [1.54, 1.807) is 11.6 Å². The van der Waals surface area contributed by atoms with Crippen LogP contribution in [0.25, 0.3) is 5.69 Å². The van der Waals surface area contributed by atoms with Crippen molar-refractivity contribution in [2.24, 2.45) is 0 Å². The molecule has 3 heteroatoms. The molecule has 1 unspecified atom stereocenters. The predicted molar refractivity (Wildman–Crippen MR) is 58.9 cm³/mol. The molecule has 0 fully saturated rings. The minimum Gasteiger partial charge on any atom is -0.389 e. The van der Waals surface area contributed by atoms with Gasteiger partial charge in [0.15, 0.2) is 0 Å². The van der Waals surface area contributed by atoms with Gasteiger partial charge in [0.1, 0.15) is 0 Å². The van der Waals surface area contributed by atoms with Crippen molar-refractivity contribution in [2.45, 2.75) is 20.0 Å². The van der Waals surface area contributed by atoms with E-state index in [4.69, 9.17) is 0 Å². The molecule has 2 aromatic rings. The minimum absolute atomic E-state index is 0.443. The second-order valence-corrected chi connectivity index (χ2v) is 3.67. The van der Waals surface area contributed by atoms with Gasteiger partial charge in [-0.1, -0.05) is 12.1 Å². The third kappa shape index (κ3) is 2.07. The fourth-order valence-electron chi connectivity index (χ4n) is 1.49. The Morgan fingerprint density at radius 3 is 2.73 bits per heavy atom. The number of aliphatic hydroxyl groups is 1. The summed E-state index contributed by atoms with van der Waals surface area (Å²) in [5.74, 6) is 0. The van der Waals surface area contributed by atoms with Crippen molar-refractivity contribution >= 4 is 0 Å². The summed E-state index contributed by atoms with van der Waals surface area (Å²) < 4.78 is 1.81. The van der Waals surface area contributed by atoms with Gasteiger partial charge in [0.05, 0.1) is 17.5 Å². The molecule has 1 N–H and O–H groups in total. The second-order valence-electron chi connectivity index (χ2n) is 3.67. The van der Waals surface area contributed by atoms with Crippen LogP contribution >= 0.6 is 0 Å². The Kier molecular flexibility index (Phi) is 2.56. The average molecular weight is 202 g/mol. The first-order valence-electron chi connectivity index (χ1n) is 4.97. The van der Waals surface area contributed by atoms with Crippen molar-refractivity contribution in [3.8, 4) is 5.69 Å². The lowest BCUT2D eigenvalue weighted by molar-refractivity contribution is 0.199. The number of hydrogen-bond donors (Lipinski definition) is 1. The van der Waals surface area contributed by atoms with Crippen molar-refractivity contribution in [1.82, 2.24) is 9.78 Å². The van der Waals surface area contributed by atoms with E-state index in [-0.39, 0.29) is 0 Å². The Morgan fingerprint density at radius 2 is 2.13 bits per heavy atom. The summed E-state index contributed by atoms with van der Waals surface area (Å²) in [4.78, 5) is 0. The summed E-state index contributed by atoms with van der Waals surface area (Å²) in [5.41, 5.74) is 2.86. The molecule has 1 aromatic carbocycles. The summed E-state index contributed by atoms with van der Waals surface area (Å²) in [7, 11) is 0. The third-order valence-electron chi connectivity index (χ3n) is 2.34. The van der Waals surface area contributed by atoms with Crippen LogP contribution in [0.2, 0.25) is 0 Å². The zero-order valence-electron chi connectivity index (χ0n) is 8.88. The van der Waals surface area contributed by atoms with Crippen LogP contribution in [0, 0.1) is 6.92 Å². The van der Waals surface area contributed by atoms with Gasteiger partial charge < -0.3 is 5.11 Å². The van der Waals surface area contributed by atoms with Gasteiger partial charge in [-0.3, -0.25) is 0 Å². The average Bonchev–Trinajstić information content (AvgIpc) is 2.65. The van der Waals surface area contributed by atoms with Crippen LogP contribution < -0.4 is 0 Å². The Hall–Kier alpha value is -1.61. The lowest BCUT2D eigenvalue weighted by atomic mass is 10.1. The van der Waals surface area contributed by atoms with Gasteiger partial charge in [-0.2, -0.15) is 5.10 Å². The Bertz CT molecular complexity index is 460. The number of aromatic nitrogens is 2. The topological polar surface area (TPSA) is 38.0 Å². The monoisotopic (exact) mass is 202 g/mol. The molecule has 0 radical (unpaired) electrons. The maximum atomic E-state index is 9.47. The largest absolute Gasteiger partial charge is 0.389 e. The van der Waals surface area contributed by atoms with E-state index in [0.29, 0.717) is 0 Å². The van der Waals surface area contributed by atoms with Crippen LogP contribution in [0.1, 0.15) is 24.3 Å². The highest BCUT2D eigenvalue weighted by Gasteiger charge is 2.03. The fraction of sp³-hybridized carbons (Fsp3) is 0.250. The molecular weight excluding hydrogens is 188 g/mol. The van der Waals surface area contributed by atoms with Gasteiger partial charge in [0.25, 0.3) is 0 Å². The van der Waals surface area contributed by atoms with Crippen LogP contribution in [0.15, 0.2) is 36.5 Å². The zero-order valence-corrected chi connectivity index (χ0v) is 8.88. The SMILES string of the molecule is Cc1ccn(-c2cccc(C(C)O)c2)n1. The van der Waals surface area contributed by atoms with E-state index in [1.807, 2.05) is 43.5 Å². The first-order chi connectivity index (χ1) is 7.16. The van der Waals surface area contributed by atoms with Gasteiger partial charge in [0, 0.05) is 6.20 Å². The maximum absolute atomic E-state index is 9.47. The van der Waals surface area contributed by atoms with Gasteiger partial charge in [-0.05, 0) is 37.6 Å². The van der Waals surface area contributed by atoms with Gasteiger partial charge >= 0.3 is 0 Å². The molecule has 1 aromatic heterocycles. The van der Waals surface area contributed by atoms with Crippen molar-refractivity contribution in [3.05, 3.63) is 47.8 Å². The van der Waals surface area contributed by atoms with Gasteiger partial charge in [-0.25, -0.2) is 4.68 Å². The first-order valence-corrected chi connectivity index (χ1v) is 4.97. The number of hydrogen-bond acceptors (Lipinski definition) is 2. The minimum atomic E-state index is -0.443. The molecule has 3 nitrogen and oxygen atoms in total. The molecule has 1 atom stereocenters. The Labute approximate surface area is 89.0 Å². The number of nitrogens with zero attached hydrogens (tertiary/aromatic N) is 2. The van der Waals surface area contributed by atoms with Crippen LogP contribution in [-0.4, -0.2) is 14.9 Å². The van der Waals surface area contributed by atoms with Gasteiger partial charge in [-0.15, -0.1) is 0 Å². The number of benzene rings is 1. The van der Waals surface area contributed by atoms with E-state index in [2.05, 4.69) is 5.10 Å². The summed E-state index contributed by atoms with van der Waals surface area (Å²) in [6, 6.07) is 9.70. The van der Waals surface area contributed by atoms with Gasteiger partial charge in [0.2, 0.25) is 0 Å². The lowest BCUT2D eigenvalue weighted by Crippen LogP contribution is -1.98. The predicted octanol–water partition coefficient (Wildman–Crippen LogP) is 2.23. The van der Waals surface area contributed by atoms with E-state index >= 15 is 0 Å². The molecule has 0 saturated carbocycles. The Balaban J connectivity index is 2.41. The van der Waals surface area contributed by atoms with Crippen molar-refractivity contribution in [3.63, 3.8) is 0 Å². The second kappa shape index (κ2) is 3.87. The highest BCUT2D eigenvalue weighted by Crippen LogP contribution is 2.16. The van der Waals surface area contributed by atoms with Crippen molar-refractivity contribution < 1.29 is 5.11 Å². The van der Waals surface area contributed by atoms with Crippen LogP contribution in [0.5, 0.6) is 0 Å². The molecule has 1 heterocycles. The van der Waals surface area contributed by atoms with Crippen LogP contribution in [-0.2, 0) is 0 Å². The summed E-state index contributed by atoms with van der Waals surface area (Å²) >= 11 is 0. The molecule has 78 valence electrons. The fourth-order valence-corrected chi connectivity index (χ4v) is 1.49. The summed E-state index contributed by atoms with van der Waals surface area (Å²) in [6.45, 7) is 3.71. The van der Waals surface area contributed by atoms with E-state index < -0.39 is 6.10 Å². The quantitative estimate of drug-likeness (QED) is 0.811. The first kappa shape index (κ1) is 9.93. The van der Waals surface area contributed by atoms with E-state index in [9.17, 15) is 5.11 Å². The van der Waals surface area contributed by atoms with Crippen LogP contribution in [0.3, 0.4) is 0 Å². The highest BCUT2D eigenvalue weighted by molar-refractivity contribution is 5.36. The number of rotatable bonds is 2. The maximum Gasteiger partial charge on any atom is 0.0762 e. The lowest BCUT2D eigenvalue weighted by Gasteiger charge is -2.07. The highest BCUT2D eigenvalue weighted by atomic mass is 16.3. The van der Waals surface area contributed by atoms with Crippen molar-refractivity contribution in [1.29, 1.82) is 0 Å². The molecule has 0 aliphatic heterocycles. The molecule has 15 heavy (non-hydrogen) atoms. The molecule has 0 saturated heterocycles. The Morgan fingerprint density at radius 1 is 1.33 bits per heavy atom. The summed E-state index contributed by atoms with van der Waals surface area (Å²) in [5, 5.41) is 13.8. The molecule has 0 aliphatic rings. The van der Waals surface area contributed by atoms with E-state index in [1.165, 1.54) is 0 Å². The molecule has 0 amide bonds. The molecule has 0 bridgehead atoms.